The van der Waals surface area contributed by atoms with Gasteiger partial charge in [0.1, 0.15) is 0 Å². The van der Waals surface area contributed by atoms with Gasteiger partial charge in [-0.1, -0.05) is 121 Å². The molecule has 8 aromatic carbocycles. The molecule has 0 radical (unpaired) electrons. The Balaban J connectivity index is 1.41. The van der Waals surface area contributed by atoms with Crippen LogP contribution in [0.25, 0.3) is 87.3 Å². The molecule has 10 aromatic rings. The zero-order valence-corrected chi connectivity index (χ0v) is 23.9. The molecule has 0 aliphatic carbocycles. The number of hydrogen-bond donors (Lipinski definition) is 0. The molecule has 0 N–H and O–H groups in total. The van der Waals surface area contributed by atoms with Gasteiger partial charge >= 0.3 is 0 Å². The van der Waals surface area contributed by atoms with Gasteiger partial charge in [0, 0.05) is 32.9 Å². The minimum absolute atomic E-state index is 1.17. The molecule has 2 aromatic heterocycles. The van der Waals surface area contributed by atoms with E-state index in [4.69, 9.17) is 0 Å². The monoisotopic (exact) mass is 558 g/mol. The van der Waals surface area contributed by atoms with Crippen LogP contribution in [0.15, 0.2) is 158 Å². The maximum Gasteiger partial charge on any atom is 0.0788 e. The Labute approximate surface area is 253 Å². The second-order valence-electron chi connectivity index (χ2n) is 11.8. The summed E-state index contributed by atoms with van der Waals surface area (Å²) in [5.41, 5.74) is 7.23. The van der Waals surface area contributed by atoms with Crippen LogP contribution in [-0.2, 0) is 0 Å². The molecule has 0 saturated carbocycles. The van der Waals surface area contributed by atoms with Crippen molar-refractivity contribution in [3.05, 3.63) is 158 Å². The van der Waals surface area contributed by atoms with E-state index in [0.29, 0.717) is 0 Å². The second-order valence-corrected chi connectivity index (χ2v) is 11.8. The summed E-state index contributed by atoms with van der Waals surface area (Å²) in [5, 5.41) is 12.6. The van der Waals surface area contributed by atoms with Crippen LogP contribution in [0, 0.1) is 0 Å². The quantitative estimate of drug-likeness (QED) is 0.187. The average molecular weight is 559 g/mol. The Kier molecular flexibility index (Phi) is 4.75. The summed E-state index contributed by atoms with van der Waals surface area (Å²) in [6, 6.07) is 57.9. The van der Waals surface area contributed by atoms with Crippen LogP contribution >= 0.6 is 0 Å². The van der Waals surface area contributed by atoms with Gasteiger partial charge < -0.3 is 9.13 Å². The third kappa shape index (κ3) is 3.20. The maximum absolute atomic E-state index is 2.49. The van der Waals surface area contributed by atoms with Gasteiger partial charge in [-0.05, 0) is 68.7 Å². The smallest absolute Gasteiger partial charge is 0.0788 e. The summed E-state index contributed by atoms with van der Waals surface area (Å²) >= 11 is 0. The molecule has 0 bridgehead atoms. The topological polar surface area (TPSA) is 9.86 Å². The van der Waals surface area contributed by atoms with Gasteiger partial charge in [0.05, 0.1) is 22.1 Å². The van der Waals surface area contributed by atoms with E-state index in [1.54, 1.807) is 0 Å². The van der Waals surface area contributed by atoms with Crippen molar-refractivity contribution in [2.45, 2.75) is 0 Å². The van der Waals surface area contributed by atoms with Crippen molar-refractivity contribution in [1.29, 1.82) is 0 Å². The Morgan fingerprint density at radius 1 is 0.273 bits per heavy atom. The van der Waals surface area contributed by atoms with Gasteiger partial charge in [-0.25, -0.2) is 0 Å². The van der Waals surface area contributed by atoms with Crippen LogP contribution in [0.5, 0.6) is 0 Å². The van der Waals surface area contributed by atoms with Gasteiger partial charge in [-0.3, -0.25) is 0 Å². The third-order valence-electron chi connectivity index (χ3n) is 9.45. The van der Waals surface area contributed by atoms with Crippen LogP contribution in [0.1, 0.15) is 0 Å². The molecule has 0 amide bonds. The van der Waals surface area contributed by atoms with Crippen molar-refractivity contribution < 1.29 is 0 Å². The Hall–Kier alpha value is -5.86. The lowest BCUT2D eigenvalue weighted by molar-refractivity contribution is 1.15. The summed E-state index contributed by atoms with van der Waals surface area (Å²) in [4.78, 5) is 0. The summed E-state index contributed by atoms with van der Waals surface area (Å²) in [6.07, 6.45) is 0. The van der Waals surface area contributed by atoms with Crippen molar-refractivity contribution in [3.8, 4) is 11.4 Å². The first-order chi connectivity index (χ1) is 21.8. The number of aromatic nitrogens is 2. The first-order valence-electron chi connectivity index (χ1n) is 15.2. The number of fused-ring (bicyclic) bond motifs is 11. The predicted molar refractivity (Wildman–Crippen MR) is 188 cm³/mol. The summed E-state index contributed by atoms with van der Waals surface area (Å²) < 4.78 is 4.97. The fourth-order valence-electron chi connectivity index (χ4n) is 7.48. The lowest BCUT2D eigenvalue weighted by Gasteiger charge is -2.14. The minimum atomic E-state index is 1.17. The first kappa shape index (κ1) is 23.7. The normalized spacial score (nSPS) is 12.1. The minimum Gasteiger partial charge on any atom is -0.307 e. The molecule has 2 nitrogen and oxygen atoms in total. The van der Waals surface area contributed by atoms with Gasteiger partial charge in [-0.15, -0.1) is 0 Å². The van der Waals surface area contributed by atoms with Crippen molar-refractivity contribution in [1.82, 2.24) is 9.13 Å². The summed E-state index contributed by atoms with van der Waals surface area (Å²) in [7, 11) is 0. The van der Waals surface area contributed by atoms with Crippen LogP contribution < -0.4 is 0 Å². The van der Waals surface area contributed by atoms with Crippen molar-refractivity contribution >= 4 is 75.9 Å². The average Bonchev–Trinajstić information content (AvgIpc) is 3.61. The fourth-order valence-corrected chi connectivity index (χ4v) is 7.48. The summed E-state index contributed by atoms with van der Waals surface area (Å²) in [6.45, 7) is 0. The lowest BCUT2D eigenvalue weighted by atomic mass is 10.0. The molecule has 0 fully saturated rings. The van der Waals surface area contributed by atoms with Crippen LogP contribution in [0.4, 0.5) is 0 Å². The van der Waals surface area contributed by atoms with E-state index in [-0.39, 0.29) is 0 Å². The van der Waals surface area contributed by atoms with E-state index in [1.165, 1.54) is 87.3 Å². The molecule has 0 aliphatic heterocycles. The Morgan fingerprint density at radius 3 is 1.39 bits per heavy atom. The molecule has 10 rings (SSSR count). The fraction of sp³-hybridized carbons (Fsp3) is 0. The maximum atomic E-state index is 2.49. The van der Waals surface area contributed by atoms with Gasteiger partial charge in [0.25, 0.3) is 0 Å². The highest BCUT2D eigenvalue weighted by Gasteiger charge is 2.21. The molecule has 0 atom stereocenters. The van der Waals surface area contributed by atoms with Crippen LogP contribution in [0.2, 0.25) is 0 Å². The molecule has 2 heteroatoms. The lowest BCUT2D eigenvalue weighted by Crippen LogP contribution is -1.99. The molecular formula is C42H26N2. The van der Waals surface area contributed by atoms with E-state index in [0.717, 1.165) is 0 Å². The Bertz CT molecular complexity index is 2780. The highest BCUT2D eigenvalue weighted by atomic mass is 15.0. The summed E-state index contributed by atoms with van der Waals surface area (Å²) in [5.74, 6) is 0. The highest BCUT2D eigenvalue weighted by molar-refractivity contribution is 6.24. The van der Waals surface area contributed by atoms with Gasteiger partial charge in [-0.2, -0.15) is 0 Å². The largest absolute Gasteiger partial charge is 0.307 e. The van der Waals surface area contributed by atoms with Crippen molar-refractivity contribution in [2.24, 2.45) is 0 Å². The molecule has 0 aliphatic rings. The van der Waals surface area contributed by atoms with Gasteiger partial charge in [0.15, 0.2) is 0 Å². The van der Waals surface area contributed by atoms with E-state index in [9.17, 15) is 0 Å². The third-order valence-corrected chi connectivity index (χ3v) is 9.45. The van der Waals surface area contributed by atoms with Crippen molar-refractivity contribution in [2.75, 3.05) is 0 Å². The zero-order valence-electron chi connectivity index (χ0n) is 23.9. The number of hydrogen-bond acceptors (Lipinski definition) is 0. The van der Waals surface area contributed by atoms with E-state index in [1.807, 2.05) is 0 Å². The molecule has 0 unspecified atom stereocenters. The molecule has 0 saturated heterocycles. The number of benzene rings is 8. The molecule has 2 heterocycles. The van der Waals surface area contributed by atoms with Gasteiger partial charge in [0.2, 0.25) is 0 Å². The standard InChI is InChI=1S/C42H26N2/c1-2-11-30-25-31(21-19-27(30)9-1)43-39-15-7-5-13-34(39)36-23-24-37-35-14-6-8-16-40(35)44(42(37)41(36)43)32-22-20-29-18-17-28-10-3-4-12-33(28)38(29)26-32/h1-26H. The molecule has 44 heavy (non-hydrogen) atoms. The first-order valence-corrected chi connectivity index (χ1v) is 15.2. The SMILES string of the molecule is c1ccc2cc(-n3c4ccccc4c4ccc5c6ccccc6n(-c6ccc7ccc8ccccc8c7c6)c5c43)ccc2c1. The number of rotatable bonds is 2. The van der Waals surface area contributed by atoms with E-state index in [2.05, 4.69) is 167 Å². The van der Waals surface area contributed by atoms with Crippen LogP contribution in [0.3, 0.4) is 0 Å². The molecule has 204 valence electrons. The number of nitrogens with zero attached hydrogens (tertiary/aromatic N) is 2. The highest BCUT2D eigenvalue weighted by Crippen LogP contribution is 2.42. The number of para-hydroxylation sites is 2. The molecular weight excluding hydrogens is 532 g/mol. The van der Waals surface area contributed by atoms with E-state index < -0.39 is 0 Å². The molecule has 0 spiro atoms. The predicted octanol–water partition coefficient (Wildman–Crippen LogP) is 11.3. The Morgan fingerprint density at radius 2 is 0.727 bits per heavy atom. The van der Waals surface area contributed by atoms with Crippen molar-refractivity contribution in [3.63, 3.8) is 0 Å². The van der Waals surface area contributed by atoms with Crippen LogP contribution in [-0.4, -0.2) is 9.13 Å². The second kappa shape index (κ2) is 8.82. The zero-order chi connectivity index (χ0) is 28.8. The van der Waals surface area contributed by atoms with E-state index >= 15 is 0 Å².